The van der Waals surface area contributed by atoms with Gasteiger partial charge in [-0.1, -0.05) is 35.5 Å². The van der Waals surface area contributed by atoms with Crippen molar-refractivity contribution < 1.29 is 9.53 Å². The van der Waals surface area contributed by atoms with Gasteiger partial charge in [0.1, 0.15) is 0 Å². The number of carbonyl (C=O) groups is 1. The third-order valence-corrected chi connectivity index (χ3v) is 7.11. The summed E-state index contributed by atoms with van der Waals surface area (Å²) in [6.45, 7) is 3.74. The molecule has 7 heteroatoms. The summed E-state index contributed by atoms with van der Waals surface area (Å²) in [5, 5.41) is 3.89. The van der Waals surface area contributed by atoms with Crippen LogP contribution in [0.5, 0.6) is 0 Å². The molecule has 1 saturated heterocycles. The lowest BCUT2D eigenvalue weighted by Gasteiger charge is -2.19. The normalized spacial score (nSPS) is 19.9. The fourth-order valence-corrected chi connectivity index (χ4v) is 5.17. The molecule has 0 radical (unpaired) electrons. The second kappa shape index (κ2) is 10.5. The number of benzene rings is 1. The highest BCUT2D eigenvalue weighted by Gasteiger charge is 2.23. The van der Waals surface area contributed by atoms with Crippen LogP contribution in [0.2, 0.25) is 0 Å². The van der Waals surface area contributed by atoms with Crippen molar-refractivity contribution in [2.45, 2.75) is 74.9 Å². The van der Waals surface area contributed by atoms with E-state index >= 15 is 0 Å². The summed E-state index contributed by atoms with van der Waals surface area (Å²) >= 11 is 1.35. The van der Waals surface area contributed by atoms with Crippen molar-refractivity contribution in [3.05, 3.63) is 46.3 Å². The minimum Gasteiger partial charge on any atom is -0.376 e. The molecule has 0 bridgehead atoms. The van der Waals surface area contributed by atoms with Gasteiger partial charge in [-0.2, -0.15) is 0 Å². The Hall–Kier alpha value is -2.12. The lowest BCUT2D eigenvalue weighted by Crippen LogP contribution is -2.33. The number of allylic oxidation sites excluding steroid dienone is 1. The van der Waals surface area contributed by atoms with Gasteiger partial charge in [0.25, 0.3) is 5.56 Å². The number of rotatable bonds is 8. The Labute approximate surface area is 187 Å². The lowest BCUT2D eigenvalue weighted by molar-refractivity contribution is -0.120. The molecular weight excluding hydrogens is 410 g/mol. The smallest absolute Gasteiger partial charge is 0.262 e. The van der Waals surface area contributed by atoms with Gasteiger partial charge in [0.15, 0.2) is 5.16 Å². The van der Waals surface area contributed by atoms with Gasteiger partial charge in [0.05, 0.1) is 28.8 Å². The van der Waals surface area contributed by atoms with Crippen LogP contribution >= 0.6 is 11.8 Å². The quantitative estimate of drug-likeness (QED) is 0.380. The molecular formula is C24H31N3O3S. The van der Waals surface area contributed by atoms with Crippen molar-refractivity contribution in [2.75, 3.05) is 13.2 Å². The van der Waals surface area contributed by atoms with Gasteiger partial charge >= 0.3 is 0 Å². The maximum Gasteiger partial charge on any atom is 0.262 e. The fraction of sp³-hybridized carbons (Fsp3) is 0.542. The molecule has 2 aliphatic rings. The number of hydrogen-bond acceptors (Lipinski definition) is 5. The first-order chi connectivity index (χ1) is 15.1. The molecule has 4 rings (SSSR count). The van der Waals surface area contributed by atoms with Crippen LogP contribution in [0.3, 0.4) is 0 Å². The predicted octanol–water partition coefficient (Wildman–Crippen LogP) is 4.06. The van der Waals surface area contributed by atoms with E-state index in [1.807, 2.05) is 25.1 Å². The molecule has 1 aliphatic carbocycles. The molecule has 0 saturated carbocycles. The predicted molar refractivity (Wildman–Crippen MR) is 124 cm³/mol. The number of fused-ring (bicyclic) bond motifs is 1. The van der Waals surface area contributed by atoms with Crippen LogP contribution < -0.4 is 10.9 Å². The first kappa shape index (κ1) is 22.1. The molecule has 1 aromatic heterocycles. The third-order valence-electron chi connectivity index (χ3n) is 6.02. The average Bonchev–Trinajstić information content (AvgIpc) is 3.30. The Morgan fingerprint density at radius 3 is 2.97 bits per heavy atom. The number of carbonyl (C=O) groups excluding carboxylic acids is 1. The van der Waals surface area contributed by atoms with E-state index < -0.39 is 0 Å². The first-order valence-corrected chi connectivity index (χ1v) is 12.2. The first-order valence-electron chi connectivity index (χ1n) is 11.4. The van der Waals surface area contributed by atoms with Gasteiger partial charge in [-0.25, -0.2) is 4.98 Å². The zero-order valence-corrected chi connectivity index (χ0v) is 19.0. The second-order valence-electron chi connectivity index (χ2n) is 8.37. The van der Waals surface area contributed by atoms with Crippen molar-refractivity contribution in [2.24, 2.45) is 0 Å². The van der Waals surface area contributed by atoms with Crippen molar-refractivity contribution in [3.8, 4) is 0 Å². The van der Waals surface area contributed by atoms with Crippen LogP contribution in [-0.2, 0) is 16.1 Å². The SMILES string of the molecule is CC(Sc1nc2ccccc2c(=O)n1CC1CCCO1)C(=O)NCCC1=CCCCC1. The van der Waals surface area contributed by atoms with Gasteiger partial charge < -0.3 is 10.1 Å². The van der Waals surface area contributed by atoms with Gasteiger partial charge in [-0.05, 0) is 64.0 Å². The number of para-hydroxylation sites is 1. The number of nitrogens with zero attached hydrogens (tertiary/aromatic N) is 2. The van der Waals surface area contributed by atoms with E-state index in [-0.39, 0.29) is 22.8 Å². The van der Waals surface area contributed by atoms with Crippen molar-refractivity contribution in [1.29, 1.82) is 0 Å². The Bertz CT molecular complexity index is 1010. The number of hydrogen-bond donors (Lipinski definition) is 1. The van der Waals surface area contributed by atoms with E-state index in [9.17, 15) is 9.59 Å². The molecule has 2 aromatic rings. The fourth-order valence-electron chi connectivity index (χ4n) is 4.22. The molecule has 1 aromatic carbocycles. The standard InChI is InChI=1S/C24H31N3O3S/c1-17(22(28)25-14-13-18-8-3-2-4-9-18)31-24-26-21-12-6-5-11-20(21)23(29)27(24)16-19-10-7-15-30-19/h5-6,8,11-12,17,19H,2-4,7,9-10,13-16H2,1H3,(H,25,28). The molecule has 6 nitrogen and oxygen atoms in total. The summed E-state index contributed by atoms with van der Waals surface area (Å²) in [5.74, 6) is -0.0208. The van der Waals surface area contributed by atoms with Crippen LogP contribution in [0.1, 0.15) is 51.9 Å². The lowest BCUT2D eigenvalue weighted by atomic mass is 9.97. The highest BCUT2D eigenvalue weighted by atomic mass is 32.2. The van der Waals surface area contributed by atoms with Gasteiger partial charge in [-0.3, -0.25) is 14.2 Å². The third kappa shape index (κ3) is 5.57. The molecule has 2 heterocycles. The maximum absolute atomic E-state index is 13.2. The number of aromatic nitrogens is 2. The summed E-state index contributed by atoms with van der Waals surface area (Å²) < 4.78 is 7.45. The second-order valence-corrected chi connectivity index (χ2v) is 9.68. The van der Waals surface area contributed by atoms with E-state index in [1.54, 1.807) is 10.6 Å². The zero-order chi connectivity index (χ0) is 21.6. The van der Waals surface area contributed by atoms with Crippen LogP contribution in [0, 0.1) is 0 Å². The molecule has 1 amide bonds. The van der Waals surface area contributed by atoms with E-state index in [0.717, 1.165) is 38.7 Å². The Morgan fingerprint density at radius 1 is 1.32 bits per heavy atom. The van der Waals surface area contributed by atoms with E-state index in [0.29, 0.717) is 29.1 Å². The van der Waals surface area contributed by atoms with Crippen molar-refractivity contribution in [1.82, 2.24) is 14.9 Å². The molecule has 166 valence electrons. The molecule has 2 unspecified atom stereocenters. The van der Waals surface area contributed by atoms with Gasteiger partial charge in [0.2, 0.25) is 5.91 Å². The van der Waals surface area contributed by atoms with Crippen molar-refractivity contribution >= 4 is 28.6 Å². The number of ether oxygens (including phenoxy) is 1. The van der Waals surface area contributed by atoms with Crippen LogP contribution in [0.4, 0.5) is 0 Å². The zero-order valence-electron chi connectivity index (χ0n) is 18.1. The monoisotopic (exact) mass is 441 g/mol. The number of thioether (sulfide) groups is 1. The molecule has 0 spiro atoms. The summed E-state index contributed by atoms with van der Waals surface area (Å²) in [6, 6.07) is 7.39. The molecule has 1 fully saturated rings. The van der Waals surface area contributed by atoms with Gasteiger partial charge in [0, 0.05) is 13.2 Å². The summed E-state index contributed by atoms with van der Waals surface area (Å²) in [4.78, 5) is 30.6. The van der Waals surface area contributed by atoms with Crippen LogP contribution in [0.15, 0.2) is 45.9 Å². The summed E-state index contributed by atoms with van der Waals surface area (Å²) in [5.41, 5.74) is 2.05. The highest BCUT2D eigenvalue weighted by Crippen LogP contribution is 2.25. The van der Waals surface area contributed by atoms with E-state index in [4.69, 9.17) is 9.72 Å². The summed E-state index contributed by atoms with van der Waals surface area (Å²) in [7, 11) is 0. The molecule has 1 N–H and O–H groups in total. The van der Waals surface area contributed by atoms with E-state index in [2.05, 4.69) is 11.4 Å². The minimum atomic E-state index is -0.343. The number of amides is 1. The Balaban J connectivity index is 1.47. The number of nitrogens with one attached hydrogen (secondary N) is 1. The largest absolute Gasteiger partial charge is 0.376 e. The van der Waals surface area contributed by atoms with Crippen LogP contribution in [-0.4, -0.2) is 40.0 Å². The Morgan fingerprint density at radius 2 is 2.19 bits per heavy atom. The molecule has 31 heavy (non-hydrogen) atoms. The minimum absolute atomic E-state index is 0.0208. The van der Waals surface area contributed by atoms with Gasteiger partial charge in [-0.15, -0.1) is 0 Å². The Kier molecular flexibility index (Phi) is 7.45. The van der Waals surface area contributed by atoms with Crippen LogP contribution in [0.25, 0.3) is 10.9 Å². The van der Waals surface area contributed by atoms with Crippen molar-refractivity contribution in [3.63, 3.8) is 0 Å². The average molecular weight is 442 g/mol. The summed E-state index contributed by atoms with van der Waals surface area (Å²) in [6.07, 6.45) is 10.0. The highest BCUT2D eigenvalue weighted by molar-refractivity contribution is 8.00. The topological polar surface area (TPSA) is 73.2 Å². The molecule has 1 aliphatic heterocycles. The molecule has 2 atom stereocenters. The van der Waals surface area contributed by atoms with E-state index in [1.165, 1.54) is 30.2 Å². The maximum atomic E-state index is 13.2.